The molecule has 0 aromatic heterocycles. The molecule has 1 atom stereocenters. The van der Waals surface area contributed by atoms with E-state index >= 15 is 0 Å². The van der Waals surface area contributed by atoms with Gasteiger partial charge in [-0.1, -0.05) is 78.7 Å². The van der Waals surface area contributed by atoms with E-state index in [1.807, 2.05) is 54.4 Å². The largest absolute Gasteiger partial charge is 1.00 e. The zero-order chi connectivity index (χ0) is 20.4. The number of nitrogens with zero attached hydrogens (tertiary/aromatic N) is 4. The molecule has 0 heterocycles. The molecule has 0 bridgehead atoms. The molecule has 0 saturated heterocycles. The second-order valence-corrected chi connectivity index (χ2v) is 10.4. The molecule has 0 N–H and O–H groups in total. The molecular formula is C21H34LiN4OP. The molecule has 0 amide bonds. The van der Waals surface area contributed by atoms with Crippen molar-refractivity contribution in [1.82, 2.24) is 14.0 Å². The van der Waals surface area contributed by atoms with E-state index in [4.69, 9.17) is 0 Å². The number of hydrogen-bond acceptors (Lipinski definition) is 1. The van der Waals surface area contributed by atoms with Crippen LogP contribution in [-0.2, 0) is 11.1 Å². The van der Waals surface area contributed by atoms with Gasteiger partial charge in [-0.3, -0.25) is 4.57 Å². The van der Waals surface area contributed by atoms with Crippen LogP contribution in [0.2, 0.25) is 0 Å². The molecule has 0 aliphatic heterocycles. The summed E-state index contributed by atoms with van der Waals surface area (Å²) in [5.41, 5.74) is 2.55. The van der Waals surface area contributed by atoms with Gasteiger partial charge in [0.15, 0.2) is 0 Å². The second-order valence-electron chi connectivity index (χ2n) is 6.97. The molecule has 0 saturated carbocycles. The topological polar surface area (TPSA) is 40.9 Å². The van der Waals surface area contributed by atoms with E-state index in [9.17, 15) is 4.57 Å². The van der Waals surface area contributed by atoms with Crippen molar-refractivity contribution in [2.45, 2.75) is 19.5 Å². The van der Waals surface area contributed by atoms with Crippen molar-refractivity contribution >= 4 is 7.59 Å². The fraction of sp³-hybridized carbons (Fsp3) is 0.429. The summed E-state index contributed by atoms with van der Waals surface area (Å²) in [7, 11) is 8.49. The maximum absolute atomic E-state index is 12.1. The van der Waals surface area contributed by atoms with Gasteiger partial charge in [0.2, 0.25) is 0 Å². The van der Waals surface area contributed by atoms with Crippen molar-refractivity contribution in [3.05, 3.63) is 77.1 Å². The molecule has 2 rings (SSSR count). The van der Waals surface area contributed by atoms with E-state index in [2.05, 4.69) is 60.8 Å². The first-order valence-corrected chi connectivity index (χ1v) is 10.6. The summed E-state index contributed by atoms with van der Waals surface area (Å²) in [6.45, 7) is 2.93. The Labute approximate surface area is 183 Å². The van der Waals surface area contributed by atoms with Crippen LogP contribution in [-0.4, -0.2) is 56.3 Å². The molecule has 0 spiro atoms. The van der Waals surface area contributed by atoms with Gasteiger partial charge in [-0.25, -0.2) is 14.0 Å². The van der Waals surface area contributed by atoms with Gasteiger partial charge < -0.3 is 5.32 Å². The maximum atomic E-state index is 12.1. The van der Waals surface area contributed by atoms with Gasteiger partial charge in [-0.2, -0.15) is 0 Å². The molecule has 2 aromatic carbocycles. The van der Waals surface area contributed by atoms with Gasteiger partial charge in [0.1, 0.15) is 0 Å². The van der Waals surface area contributed by atoms with Crippen LogP contribution in [0.5, 0.6) is 0 Å². The molecule has 0 fully saturated rings. The van der Waals surface area contributed by atoms with Crippen molar-refractivity contribution in [3.63, 3.8) is 0 Å². The Hall–Kier alpha value is -0.893. The standard InChI is InChI=1S/C15H16N.C6H18N3OP.Li/c1-13(15-10-6-3-7-11-15)16-12-14-8-4-2-5-9-14;1-7(2)11(10,8(3)4)9(5)6;/h2-11,13H,12H2,1H3;1-6H3;/q-1;;+1/t13-;;/m0../s1. The van der Waals surface area contributed by atoms with Gasteiger partial charge >= 0.3 is 18.9 Å². The van der Waals surface area contributed by atoms with E-state index in [1.54, 1.807) is 14.0 Å². The SMILES string of the molecule is CN(C)P(=O)(N(C)C)N(C)C.C[C@H]([N-]Cc1ccccc1)c1ccccc1.[Li+]. The van der Waals surface area contributed by atoms with E-state index in [-0.39, 0.29) is 24.9 Å². The minimum absolute atomic E-state index is 0. The third-order valence-electron chi connectivity index (χ3n) is 4.24. The average Bonchev–Trinajstić information content (AvgIpc) is 2.66. The first-order valence-electron chi connectivity index (χ1n) is 9.08. The van der Waals surface area contributed by atoms with Gasteiger partial charge in [0.05, 0.1) is 0 Å². The summed E-state index contributed by atoms with van der Waals surface area (Å²) in [4.78, 5) is 0. The monoisotopic (exact) mass is 396 g/mol. The van der Waals surface area contributed by atoms with E-state index in [0.29, 0.717) is 0 Å². The Morgan fingerprint density at radius 3 is 1.54 bits per heavy atom. The Morgan fingerprint density at radius 2 is 1.18 bits per heavy atom. The summed E-state index contributed by atoms with van der Waals surface area (Å²) in [6.07, 6.45) is 0. The number of rotatable bonds is 7. The number of benzene rings is 2. The normalized spacial score (nSPS) is 12.4. The van der Waals surface area contributed by atoms with Crippen LogP contribution in [0.25, 0.3) is 5.32 Å². The summed E-state index contributed by atoms with van der Waals surface area (Å²) in [5, 5.41) is 4.66. The van der Waals surface area contributed by atoms with Crippen LogP contribution < -0.4 is 18.9 Å². The first-order chi connectivity index (χ1) is 12.7. The smallest absolute Gasteiger partial charge is 0.652 e. The Balaban J connectivity index is 0.000000541. The predicted octanol–water partition coefficient (Wildman–Crippen LogP) is 2.10. The number of hydrogen-bond donors (Lipinski definition) is 0. The van der Waals surface area contributed by atoms with Crippen LogP contribution in [0.4, 0.5) is 0 Å². The van der Waals surface area contributed by atoms with Gasteiger partial charge in [-0.05, 0) is 42.3 Å². The second kappa shape index (κ2) is 13.4. The Bertz CT molecular complexity index is 668. The quantitative estimate of drug-likeness (QED) is 0.531. The molecule has 0 unspecified atom stereocenters. The van der Waals surface area contributed by atoms with Crippen molar-refractivity contribution in [1.29, 1.82) is 0 Å². The van der Waals surface area contributed by atoms with Crippen molar-refractivity contribution in [2.24, 2.45) is 0 Å². The van der Waals surface area contributed by atoms with E-state index in [1.165, 1.54) is 11.1 Å². The molecule has 0 radical (unpaired) electrons. The summed E-state index contributed by atoms with van der Waals surface area (Å²) >= 11 is 0. The van der Waals surface area contributed by atoms with Gasteiger partial charge in [-0.15, -0.1) is 12.6 Å². The van der Waals surface area contributed by atoms with Crippen LogP contribution in [0.3, 0.4) is 0 Å². The van der Waals surface area contributed by atoms with Crippen LogP contribution in [0, 0.1) is 0 Å². The van der Waals surface area contributed by atoms with Gasteiger partial charge in [0.25, 0.3) is 7.59 Å². The van der Waals surface area contributed by atoms with Crippen LogP contribution in [0.15, 0.2) is 60.7 Å². The van der Waals surface area contributed by atoms with Crippen LogP contribution >= 0.6 is 7.59 Å². The Morgan fingerprint density at radius 1 is 0.786 bits per heavy atom. The summed E-state index contributed by atoms with van der Waals surface area (Å²) < 4.78 is 17.3. The third-order valence-corrected chi connectivity index (χ3v) is 7.36. The minimum atomic E-state index is -2.44. The molecular weight excluding hydrogens is 362 g/mol. The van der Waals surface area contributed by atoms with Crippen molar-refractivity contribution < 1.29 is 23.4 Å². The van der Waals surface area contributed by atoms with Crippen LogP contribution in [0.1, 0.15) is 24.1 Å². The zero-order valence-electron chi connectivity index (χ0n) is 18.7. The van der Waals surface area contributed by atoms with E-state index in [0.717, 1.165) is 6.54 Å². The first kappa shape index (κ1) is 27.1. The minimum Gasteiger partial charge on any atom is -0.652 e. The average molecular weight is 396 g/mol. The van der Waals surface area contributed by atoms with Gasteiger partial charge in [0, 0.05) is 0 Å². The third kappa shape index (κ3) is 8.23. The molecule has 28 heavy (non-hydrogen) atoms. The fourth-order valence-corrected chi connectivity index (χ4v) is 4.88. The summed E-state index contributed by atoms with van der Waals surface area (Å²) in [5.74, 6) is 0. The predicted molar refractivity (Wildman–Crippen MR) is 117 cm³/mol. The molecule has 0 aliphatic carbocycles. The van der Waals surface area contributed by atoms with E-state index < -0.39 is 7.59 Å². The maximum Gasteiger partial charge on any atom is 1.00 e. The molecule has 0 aliphatic rings. The van der Waals surface area contributed by atoms with Crippen molar-refractivity contribution in [3.8, 4) is 0 Å². The molecule has 7 heteroatoms. The molecule has 2 aromatic rings. The molecule has 150 valence electrons. The van der Waals surface area contributed by atoms with Crippen molar-refractivity contribution in [2.75, 3.05) is 42.3 Å². The molecule has 5 nitrogen and oxygen atoms in total. The fourth-order valence-electron chi connectivity index (χ4n) is 2.74. The summed E-state index contributed by atoms with van der Waals surface area (Å²) in [6, 6.07) is 21.0. The Kier molecular flexibility index (Phi) is 12.9. The zero-order valence-corrected chi connectivity index (χ0v) is 19.6.